The molecule has 1 rings (SSSR count). The minimum atomic E-state index is -0.133. The zero-order chi connectivity index (χ0) is 11.4. The summed E-state index contributed by atoms with van der Waals surface area (Å²) in [7, 11) is 0. The maximum atomic E-state index is 8.74. The Morgan fingerprint density at radius 2 is 1.94 bits per heavy atom. The van der Waals surface area contributed by atoms with E-state index in [4.69, 9.17) is 16.6 Å². The quantitative estimate of drug-likeness (QED) is 0.710. The molecule has 6 heteroatoms. The molecule has 0 aromatic heterocycles. The van der Waals surface area contributed by atoms with Gasteiger partial charge in [0.1, 0.15) is 0 Å². The lowest BCUT2D eigenvalue weighted by Gasteiger charge is -2.15. The third-order valence-corrected chi connectivity index (χ3v) is 3.31. The molecule has 0 aliphatic carbocycles. The van der Waals surface area contributed by atoms with Gasteiger partial charge in [0.25, 0.3) is 0 Å². The Hall–Kier alpha value is 0.190. The van der Waals surface area contributed by atoms with Crippen molar-refractivity contribution in [3.8, 4) is 0 Å². The van der Waals surface area contributed by atoms with Crippen LogP contribution >= 0.6 is 44.3 Å². The van der Waals surface area contributed by atoms with Crippen LogP contribution in [-0.2, 0) is 0 Å². The Balaban J connectivity index is 0.00000225. The molecule has 0 spiro atoms. The van der Waals surface area contributed by atoms with Gasteiger partial charge in [-0.15, -0.1) is 12.4 Å². The number of nitrogens with two attached hydrogens (primary N) is 2. The van der Waals surface area contributed by atoms with E-state index in [1.165, 1.54) is 0 Å². The molecule has 0 radical (unpaired) electrons. The van der Waals surface area contributed by atoms with Gasteiger partial charge in [-0.25, -0.2) is 0 Å². The van der Waals surface area contributed by atoms with E-state index in [1.54, 1.807) is 0 Å². The van der Waals surface area contributed by atoms with Gasteiger partial charge in [0.15, 0.2) is 0 Å². The average Bonchev–Trinajstić information content (AvgIpc) is 2.19. The molecule has 0 heterocycles. The minimum Gasteiger partial charge on any atom is -0.398 e. The highest BCUT2D eigenvalue weighted by atomic mass is 79.9. The molecule has 1 aromatic rings. The second-order valence-electron chi connectivity index (χ2n) is 3.36. The molecule has 92 valence electrons. The standard InChI is InChI=1S/C10H14Br2N2O.ClH/c11-6-4-7(9(13)2-1-3-15)10(14)8(12)5-6;/h4-5,9,15H,1-3,13-14H2;1H/t9-;/m0./s1. The Kier molecular flexibility index (Phi) is 7.59. The predicted octanol–water partition coefficient (Wildman–Crippen LogP) is 2.99. The van der Waals surface area contributed by atoms with E-state index in [1.807, 2.05) is 12.1 Å². The zero-order valence-electron chi connectivity index (χ0n) is 8.62. The van der Waals surface area contributed by atoms with Gasteiger partial charge in [-0.2, -0.15) is 0 Å². The maximum Gasteiger partial charge on any atom is 0.0507 e. The molecule has 5 N–H and O–H groups in total. The fraction of sp³-hybridized carbons (Fsp3) is 0.400. The predicted molar refractivity (Wildman–Crippen MR) is 76.8 cm³/mol. The largest absolute Gasteiger partial charge is 0.398 e. The maximum absolute atomic E-state index is 8.74. The first kappa shape index (κ1) is 16.2. The number of benzene rings is 1. The smallest absolute Gasteiger partial charge is 0.0507 e. The van der Waals surface area contributed by atoms with Crippen LogP contribution < -0.4 is 11.5 Å². The molecule has 0 saturated carbocycles. The first-order valence-corrected chi connectivity index (χ1v) is 6.25. The van der Waals surface area contributed by atoms with Crippen molar-refractivity contribution in [1.29, 1.82) is 0 Å². The van der Waals surface area contributed by atoms with Gasteiger partial charge in [0.2, 0.25) is 0 Å². The number of hydrogen-bond acceptors (Lipinski definition) is 3. The van der Waals surface area contributed by atoms with Crippen LogP contribution in [0.2, 0.25) is 0 Å². The molecule has 0 aliphatic heterocycles. The van der Waals surface area contributed by atoms with Gasteiger partial charge in [0.05, 0.1) is 5.69 Å². The first-order valence-electron chi connectivity index (χ1n) is 4.67. The molecule has 3 nitrogen and oxygen atoms in total. The highest BCUT2D eigenvalue weighted by Crippen LogP contribution is 2.32. The SMILES string of the molecule is Cl.Nc1c(Br)cc(Br)cc1[C@@H](N)CCCO. The summed E-state index contributed by atoms with van der Waals surface area (Å²) >= 11 is 6.77. The van der Waals surface area contributed by atoms with Crippen LogP contribution in [0.4, 0.5) is 5.69 Å². The van der Waals surface area contributed by atoms with Crippen molar-refractivity contribution in [3.63, 3.8) is 0 Å². The molecule has 0 bridgehead atoms. The number of anilines is 1. The van der Waals surface area contributed by atoms with E-state index in [0.29, 0.717) is 12.1 Å². The fourth-order valence-electron chi connectivity index (χ4n) is 1.38. The summed E-state index contributed by atoms with van der Waals surface area (Å²) in [6.07, 6.45) is 1.41. The molecule has 0 fully saturated rings. The van der Waals surface area contributed by atoms with Crippen molar-refractivity contribution in [1.82, 2.24) is 0 Å². The van der Waals surface area contributed by atoms with Crippen molar-refractivity contribution in [2.45, 2.75) is 18.9 Å². The van der Waals surface area contributed by atoms with E-state index >= 15 is 0 Å². The lowest BCUT2D eigenvalue weighted by molar-refractivity contribution is 0.280. The van der Waals surface area contributed by atoms with Gasteiger partial charge in [-0.05, 0) is 46.5 Å². The van der Waals surface area contributed by atoms with E-state index in [0.717, 1.165) is 20.9 Å². The highest BCUT2D eigenvalue weighted by molar-refractivity contribution is 9.11. The normalized spacial score (nSPS) is 12.0. The lowest BCUT2D eigenvalue weighted by atomic mass is 10.0. The molecule has 0 aliphatic rings. The number of hydrogen-bond donors (Lipinski definition) is 3. The number of rotatable bonds is 4. The van der Waals surface area contributed by atoms with Crippen LogP contribution in [0.5, 0.6) is 0 Å². The van der Waals surface area contributed by atoms with Gasteiger partial charge in [-0.3, -0.25) is 0 Å². The van der Waals surface area contributed by atoms with Crippen LogP contribution in [0, 0.1) is 0 Å². The summed E-state index contributed by atoms with van der Waals surface area (Å²) in [4.78, 5) is 0. The van der Waals surface area contributed by atoms with Crippen LogP contribution in [0.3, 0.4) is 0 Å². The van der Waals surface area contributed by atoms with Crippen molar-refractivity contribution in [2.75, 3.05) is 12.3 Å². The number of nitrogen functional groups attached to an aromatic ring is 1. The van der Waals surface area contributed by atoms with Gasteiger partial charge in [0, 0.05) is 21.6 Å². The first-order chi connectivity index (χ1) is 7.06. The van der Waals surface area contributed by atoms with E-state index in [9.17, 15) is 0 Å². The topological polar surface area (TPSA) is 72.3 Å². The summed E-state index contributed by atoms with van der Waals surface area (Å²) in [6.45, 7) is 0.156. The summed E-state index contributed by atoms with van der Waals surface area (Å²) in [6, 6.07) is 3.67. The Labute approximate surface area is 118 Å². The van der Waals surface area contributed by atoms with Crippen LogP contribution in [0.25, 0.3) is 0 Å². The fourth-order valence-corrected chi connectivity index (χ4v) is 2.64. The van der Waals surface area contributed by atoms with Crippen LogP contribution in [0.1, 0.15) is 24.4 Å². The lowest BCUT2D eigenvalue weighted by Crippen LogP contribution is -2.13. The van der Waals surface area contributed by atoms with Crippen molar-refractivity contribution in [2.24, 2.45) is 5.73 Å². The monoisotopic (exact) mass is 372 g/mol. The van der Waals surface area contributed by atoms with Gasteiger partial charge >= 0.3 is 0 Å². The Morgan fingerprint density at radius 1 is 1.31 bits per heavy atom. The molecule has 0 amide bonds. The van der Waals surface area contributed by atoms with E-state index < -0.39 is 0 Å². The molecular weight excluding hydrogens is 359 g/mol. The number of halogens is 3. The van der Waals surface area contributed by atoms with E-state index in [-0.39, 0.29) is 25.1 Å². The third-order valence-electron chi connectivity index (χ3n) is 2.20. The van der Waals surface area contributed by atoms with Crippen LogP contribution in [0.15, 0.2) is 21.1 Å². The molecule has 1 aromatic carbocycles. The number of aliphatic hydroxyl groups excluding tert-OH is 1. The van der Waals surface area contributed by atoms with Crippen molar-refractivity contribution in [3.05, 3.63) is 26.6 Å². The zero-order valence-corrected chi connectivity index (χ0v) is 12.6. The molecule has 1 atom stereocenters. The Bertz CT molecular complexity index is 350. The third kappa shape index (κ3) is 4.22. The minimum absolute atomic E-state index is 0. The summed E-state index contributed by atoms with van der Waals surface area (Å²) in [5.74, 6) is 0. The Morgan fingerprint density at radius 3 is 2.50 bits per heavy atom. The van der Waals surface area contributed by atoms with Crippen molar-refractivity contribution >= 4 is 50.0 Å². The summed E-state index contributed by atoms with van der Waals surface area (Å²) < 4.78 is 1.78. The van der Waals surface area contributed by atoms with Crippen LogP contribution in [-0.4, -0.2) is 11.7 Å². The van der Waals surface area contributed by atoms with Gasteiger partial charge < -0.3 is 16.6 Å². The molecule has 0 saturated heterocycles. The average molecular weight is 375 g/mol. The second-order valence-corrected chi connectivity index (χ2v) is 5.13. The second kappa shape index (κ2) is 7.50. The van der Waals surface area contributed by atoms with E-state index in [2.05, 4.69) is 31.9 Å². The summed E-state index contributed by atoms with van der Waals surface area (Å²) in [5, 5.41) is 8.74. The highest BCUT2D eigenvalue weighted by Gasteiger charge is 2.12. The molecular formula is C10H15Br2ClN2O. The number of aliphatic hydroxyl groups is 1. The molecule has 16 heavy (non-hydrogen) atoms. The van der Waals surface area contributed by atoms with Gasteiger partial charge in [-0.1, -0.05) is 15.9 Å². The molecule has 0 unspecified atom stereocenters. The van der Waals surface area contributed by atoms with Crippen molar-refractivity contribution < 1.29 is 5.11 Å². The summed E-state index contributed by atoms with van der Waals surface area (Å²) in [5.41, 5.74) is 13.5.